The molecule has 0 unspecified atom stereocenters. The molecule has 0 radical (unpaired) electrons. The summed E-state index contributed by atoms with van der Waals surface area (Å²) in [5, 5.41) is 3.10. The van der Waals surface area contributed by atoms with Gasteiger partial charge in [0, 0.05) is 33.4 Å². The number of anilines is 1. The standard InChI is InChI=1S/C18H30N4O/c1-14(2)13-22-10-7-15(8-11-22)12-20-18(23)16-6-5-9-19-17(16)21(3)4/h5-6,9,14-15H,7-8,10-13H2,1-4H3,(H,20,23). The molecule has 1 saturated heterocycles. The number of nitrogens with zero attached hydrogens (tertiary/aromatic N) is 3. The highest BCUT2D eigenvalue weighted by molar-refractivity contribution is 5.98. The van der Waals surface area contributed by atoms with Gasteiger partial charge < -0.3 is 15.1 Å². The van der Waals surface area contributed by atoms with E-state index >= 15 is 0 Å². The molecular weight excluding hydrogens is 288 g/mol. The summed E-state index contributed by atoms with van der Waals surface area (Å²) in [6, 6.07) is 3.65. The van der Waals surface area contributed by atoms with Crippen molar-refractivity contribution in [1.29, 1.82) is 0 Å². The number of carbonyl (C=O) groups is 1. The van der Waals surface area contributed by atoms with Crippen molar-refractivity contribution in [3.63, 3.8) is 0 Å². The fourth-order valence-corrected chi connectivity index (χ4v) is 3.15. The van der Waals surface area contributed by atoms with Crippen molar-refractivity contribution in [2.75, 3.05) is 45.2 Å². The van der Waals surface area contributed by atoms with Crippen LogP contribution in [0.1, 0.15) is 37.0 Å². The first-order valence-electron chi connectivity index (χ1n) is 8.60. The number of aromatic nitrogens is 1. The van der Waals surface area contributed by atoms with Crippen LogP contribution in [0.3, 0.4) is 0 Å². The Morgan fingerprint density at radius 3 is 2.70 bits per heavy atom. The lowest BCUT2D eigenvalue weighted by Crippen LogP contribution is -2.40. The van der Waals surface area contributed by atoms with E-state index in [0.717, 1.165) is 31.4 Å². The van der Waals surface area contributed by atoms with E-state index in [1.165, 1.54) is 19.4 Å². The average Bonchev–Trinajstić information content (AvgIpc) is 2.53. The molecule has 1 amide bonds. The summed E-state index contributed by atoms with van der Waals surface area (Å²) in [5.74, 6) is 2.01. The van der Waals surface area contributed by atoms with E-state index in [9.17, 15) is 4.79 Å². The van der Waals surface area contributed by atoms with Gasteiger partial charge in [-0.1, -0.05) is 13.8 Å². The van der Waals surface area contributed by atoms with E-state index in [0.29, 0.717) is 11.5 Å². The number of likely N-dealkylation sites (tertiary alicyclic amines) is 1. The largest absolute Gasteiger partial charge is 0.362 e. The van der Waals surface area contributed by atoms with Crippen molar-refractivity contribution in [1.82, 2.24) is 15.2 Å². The molecule has 1 aromatic heterocycles. The Bertz CT molecular complexity index is 507. The zero-order valence-electron chi connectivity index (χ0n) is 14.9. The minimum Gasteiger partial charge on any atom is -0.362 e. The van der Waals surface area contributed by atoms with Crippen molar-refractivity contribution in [3.8, 4) is 0 Å². The number of pyridine rings is 1. The van der Waals surface area contributed by atoms with E-state index < -0.39 is 0 Å². The summed E-state index contributed by atoms with van der Waals surface area (Å²) in [6.07, 6.45) is 4.05. The summed E-state index contributed by atoms with van der Waals surface area (Å²) >= 11 is 0. The van der Waals surface area contributed by atoms with Gasteiger partial charge in [-0.15, -0.1) is 0 Å². The molecule has 0 aromatic carbocycles. The number of hydrogen-bond acceptors (Lipinski definition) is 4. The van der Waals surface area contributed by atoms with Gasteiger partial charge in [-0.2, -0.15) is 0 Å². The van der Waals surface area contributed by atoms with Crippen molar-refractivity contribution in [3.05, 3.63) is 23.9 Å². The highest BCUT2D eigenvalue weighted by Crippen LogP contribution is 2.18. The minimum absolute atomic E-state index is 0.0218. The van der Waals surface area contributed by atoms with Crippen LogP contribution in [0, 0.1) is 11.8 Å². The van der Waals surface area contributed by atoms with Crippen LogP contribution < -0.4 is 10.2 Å². The number of carbonyl (C=O) groups excluding carboxylic acids is 1. The van der Waals surface area contributed by atoms with Crippen molar-refractivity contribution in [2.45, 2.75) is 26.7 Å². The maximum absolute atomic E-state index is 12.4. The third-order valence-electron chi connectivity index (χ3n) is 4.34. The van der Waals surface area contributed by atoms with Gasteiger partial charge in [-0.3, -0.25) is 4.79 Å². The zero-order chi connectivity index (χ0) is 16.8. The Balaban J connectivity index is 1.82. The number of rotatable bonds is 6. The quantitative estimate of drug-likeness (QED) is 0.874. The number of nitrogens with one attached hydrogen (secondary N) is 1. The minimum atomic E-state index is -0.0218. The second-order valence-electron chi connectivity index (χ2n) is 7.12. The predicted molar refractivity (Wildman–Crippen MR) is 94.9 cm³/mol. The number of hydrogen-bond donors (Lipinski definition) is 1. The SMILES string of the molecule is CC(C)CN1CCC(CNC(=O)c2cccnc2N(C)C)CC1. The Morgan fingerprint density at radius 2 is 2.09 bits per heavy atom. The van der Waals surface area contributed by atoms with E-state index in [2.05, 4.69) is 29.0 Å². The molecule has 5 heteroatoms. The number of amides is 1. The van der Waals surface area contributed by atoms with Crippen molar-refractivity contribution < 1.29 is 4.79 Å². The second-order valence-corrected chi connectivity index (χ2v) is 7.12. The van der Waals surface area contributed by atoms with Crippen LogP contribution in [0.4, 0.5) is 5.82 Å². The Morgan fingerprint density at radius 1 is 1.39 bits per heavy atom. The second kappa shape index (κ2) is 8.29. The summed E-state index contributed by atoms with van der Waals surface area (Å²) in [4.78, 5) is 21.1. The van der Waals surface area contributed by atoms with Crippen LogP contribution in [0.5, 0.6) is 0 Å². The summed E-state index contributed by atoms with van der Waals surface area (Å²) in [7, 11) is 3.81. The molecule has 0 atom stereocenters. The third kappa shape index (κ3) is 5.20. The van der Waals surface area contributed by atoms with Gasteiger partial charge in [0.05, 0.1) is 5.56 Å². The molecule has 23 heavy (non-hydrogen) atoms. The van der Waals surface area contributed by atoms with Crippen LogP contribution in [-0.2, 0) is 0 Å². The molecule has 1 aromatic rings. The van der Waals surface area contributed by atoms with Crippen LogP contribution >= 0.6 is 0 Å². The van der Waals surface area contributed by atoms with Crippen LogP contribution in [0.2, 0.25) is 0 Å². The molecule has 2 heterocycles. The van der Waals surface area contributed by atoms with Gasteiger partial charge >= 0.3 is 0 Å². The van der Waals surface area contributed by atoms with Crippen molar-refractivity contribution in [2.24, 2.45) is 11.8 Å². The topological polar surface area (TPSA) is 48.5 Å². The zero-order valence-corrected chi connectivity index (χ0v) is 14.9. The van der Waals surface area contributed by atoms with Gasteiger partial charge in [0.15, 0.2) is 0 Å². The highest BCUT2D eigenvalue weighted by Gasteiger charge is 2.21. The molecular formula is C18H30N4O. The van der Waals surface area contributed by atoms with Crippen LogP contribution in [0.15, 0.2) is 18.3 Å². The van der Waals surface area contributed by atoms with Gasteiger partial charge in [-0.25, -0.2) is 4.98 Å². The lowest BCUT2D eigenvalue weighted by atomic mass is 9.96. The van der Waals surface area contributed by atoms with Gasteiger partial charge in [0.1, 0.15) is 5.82 Å². The van der Waals surface area contributed by atoms with E-state index in [1.54, 1.807) is 6.20 Å². The first-order valence-corrected chi connectivity index (χ1v) is 8.60. The van der Waals surface area contributed by atoms with E-state index in [4.69, 9.17) is 0 Å². The van der Waals surface area contributed by atoms with Gasteiger partial charge in [-0.05, 0) is 49.9 Å². The van der Waals surface area contributed by atoms with Crippen molar-refractivity contribution >= 4 is 11.7 Å². The molecule has 0 aliphatic carbocycles. The monoisotopic (exact) mass is 318 g/mol. The van der Waals surface area contributed by atoms with Gasteiger partial charge in [0.25, 0.3) is 5.91 Å². The Labute approximate surface area is 140 Å². The fraction of sp³-hybridized carbons (Fsp3) is 0.667. The molecule has 1 aliphatic heterocycles. The summed E-state index contributed by atoms with van der Waals surface area (Å²) in [6.45, 7) is 8.77. The molecule has 0 bridgehead atoms. The lowest BCUT2D eigenvalue weighted by molar-refractivity contribution is 0.0934. The summed E-state index contributed by atoms with van der Waals surface area (Å²) < 4.78 is 0. The first-order chi connectivity index (χ1) is 11.0. The molecule has 0 spiro atoms. The van der Waals surface area contributed by atoms with Gasteiger partial charge in [0.2, 0.25) is 0 Å². The normalized spacial score (nSPS) is 16.6. The number of piperidine rings is 1. The first kappa shape index (κ1) is 17.7. The molecule has 1 fully saturated rings. The third-order valence-corrected chi connectivity index (χ3v) is 4.34. The molecule has 2 rings (SSSR count). The highest BCUT2D eigenvalue weighted by atomic mass is 16.1. The maximum Gasteiger partial charge on any atom is 0.255 e. The summed E-state index contributed by atoms with van der Waals surface area (Å²) in [5.41, 5.74) is 0.648. The predicted octanol–water partition coefficient (Wildman–Crippen LogP) is 2.25. The van der Waals surface area contributed by atoms with Crippen LogP contribution in [0.25, 0.3) is 0 Å². The lowest BCUT2D eigenvalue weighted by Gasteiger charge is -2.33. The molecule has 128 valence electrons. The maximum atomic E-state index is 12.4. The van der Waals surface area contributed by atoms with Crippen LogP contribution in [-0.4, -0.2) is 56.1 Å². The molecule has 1 aliphatic rings. The fourth-order valence-electron chi connectivity index (χ4n) is 3.15. The molecule has 5 nitrogen and oxygen atoms in total. The van der Waals surface area contributed by atoms with E-state index in [-0.39, 0.29) is 5.91 Å². The molecule has 1 N–H and O–H groups in total. The van der Waals surface area contributed by atoms with E-state index in [1.807, 2.05) is 31.1 Å². The average molecular weight is 318 g/mol. The smallest absolute Gasteiger partial charge is 0.255 e. The Kier molecular flexibility index (Phi) is 6.39. The molecule has 0 saturated carbocycles. The Hall–Kier alpha value is -1.62.